The van der Waals surface area contributed by atoms with Crippen molar-refractivity contribution < 1.29 is 28.9 Å². The number of esters is 1. The summed E-state index contributed by atoms with van der Waals surface area (Å²) in [5.41, 5.74) is 0. The summed E-state index contributed by atoms with van der Waals surface area (Å²) in [7, 11) is 0. The molecule has 0 aromatic heterocycles. The number of ether oxygens (including phenoxy) is 3. The summed E-state index contributed by atoms with van der Waals surface area (Å²) in [5.74, 6) is -0.503. The first-order chi connectivity index (χ1) is 12.4. The molecule has 144 valence electrons. The number of benzene rings is 1. The van der Waals surface area contributed by atoms with Gasteiger partial charge in [0.15, 0.2) is 11.5 Å². The van der Waals surface area contributed by atoms with Crippen molar-refractivity contribution in [2.24, 2.45) is 0 Å². The molecule has 2 N–H and O–H groups in total. The molecule has 7 nitrogen and oxygen atoms in total. The van der Waals surface area contributed by atoms with Crippen LogP contribution >= 0.6 is 0 Å². The van der Waals surface area contributed by atoms with Gasteiger partial charge in [0.2, 0.25) is 0 Å². The van der Waals surface area contributed by atoms with E-state index in [1.807, 2.05) is 26.0 Å². The molecule has 1 aromatic rings. The van der Waals surface area contributed by atoms with E-state index < -0.39 is 18.0 Å². The van der Waals surface area contributed by atoms with Crippen molar-refractivity contribution in [3.05, 3.63) is 36.9 Å². The van der Waals surface area contributed by atoms with Crippen LogP contribution in [0.4, 0.5) is 0 Å². The molecular formula is C19H27NO6. The molecule has 0 saturated heterocycles. The van der Waals surface area contributed by atoms with Crippen LogP contribution in [0.3, 0.4) is 0 Å². The molecule has 0 aliphatic carbocycles. The van der Waals surface area contributed by atoms with Crippen LogP contribution in [0.1, 0.15) is 26.7 Å². The zero-order valence-corrected chi connectivity index (χ0v) is 15.3. The zero-order chi connectivity index (χ0) is 19.4. The van der Waals surface area contributed by atoms with Crippen LogP contribution in [0.2, 0.25) is 0 Å². The zero-order valence-electron chi connectivity index (χ0n) is 15.3. The van der Waals surface area contributed by atoms with Crippen molar-refractivity contribution in [1.82, 2.24) is 5.32 Å². The van der Waals surface area contributed by atoms with E-state index in [1.54, 1.807) is 18.2 Å². The molecule has 0 aliphatic rings. The summed E-state index contributed by atoms with van der Waals surface area (Å²) in [6.45, 7) is 8.42. The number of carboxylic acids is 1. The van der Waals surface area contributed by atoms with Crippen LogP contribution in [0.5, 0.6) is 11.5 Å². The van der Waals surface area contributed by atoms with Gasteiger partial charge in [-0.2, -0.15) is 0 Å². The van der Waals surface area contributed by atoms with Gasteiger partial charge < -0.3 is 24.6 Å². The third kappa shape index (κ3) is 9.08. The van der Waals surface area contributed by atoms with Gasteiger partial charge in [0.05, 0.1) is 12.8 Å². The van der Waals surface area contributed by atoms with Gasteiger partial charge in [-0.3, -0.25) is 9.59 Å². The largest absolute Gasteiger partial charge is 0.486 e. The molecule has 0 fully saturated rings. The second kappa shape index (κ2) is 11.9. The van der Waals surface area contributed by atoms with E-state index >= 15 is 0 Å². The van der Waals surface area contributed by atoms with Gasteiger partial charge in [-0.1, -0.05) is 38.6 Å². The Morgan fingerprint density at radius 1 is 1.19 bits per heavy atom. The summed E-state index contributed by atoms with van der Waals surface area (Å²) in [4.78, 5) is 22.4. The number of hydrogen-bond donors (Lipinski definition) is 2. The maximum absolute atomic E-state index is 11.8. The number of carbonyl (C=O) groups excluding carboxylic acids is 1. The predicted molar refractivity (Wildman–Crippen MR) is 97.5 cm³/mol. The van der Waals surface area contributed by atoms with Gasteiger partial charge in [-0.15, -0.1) is 0 Å². The van der Waals surface area contributed by atoms with Crippen molar-refractivity contribution in [3.63, 3.8) is 0 Å². The van der Waals surface area contributed by atoms with Gasteiger partial charge in [0.1, 0.15) is 19.3 Å². The Balaban J connectivity index is 2.66. The molecule has 0 spiro atoms. The molecule has 0 aliphatic heterocycles. The number of hydrogen-bond acceptors (Lipinski definition) is 6. The van der Waals surface area contributed by atoms with E-state index in [0.717, 1.165) is 0 Å². The minimum atomic E-state index is -1.04. The van der Waals surface area contributed by atoms with Crippen LogP contribution in [0.25, 0.3) is 0 Å². The molecule has 26 heavy (non-hydrogen) atoms. The standard InChI is InChI=1S/C19H27NO6/c1-4-11-24-16-7-5-6-8-17(16)25-13-15(12-20-14(2)3)26-19(23)10-9-18(21)22/h4-8,14-15,20H,1,9-13H2,2-3H3,(H,21,22). The third-order valence-corrected chi connectivity index (χ3v) is 3.23. The van der Waals surface area contributed by atoms with Crippen molar-refractivity contribution in [3.8, 4) is 11.5 Å². The lowest BCUT2D eigenvalue weighted by Crippen LogP contribution is -2.38. The summed E-state index contributed by atoms with van der Waals surface area (Å²) in [5, 5.41) is 11.8. The average molecular weight is 365 g/mol. The van der Waals surface area contributed by atoms with Crippen molar-refractivity contribution >= 4 is 11.9 Å². The fraction of sp³-hybridized carbons (Fsp3) is 0.474. The number of rotatable bonds is 13. The third-order valence-electron chi connectivity index (χ3n) is 3.23. The minimum Gasteiger partial charge on any atom is -0.486 e. The first-order valence-corrected chi connectivity index (χ1v) is 8.52. The summed E-state index contributed by atoms with van der Waals surface area (Å²) in [6, 6.07) is 7.39. The maximum Gasteiger partial charge on any atom is 0.306 e. The van der Waals surface area contributed by atoms with Crippen molar-refractivity contribution in [2.45, 2.75) is 38.8 Å². The monoisotopic (exact) mass is 365 g/mol. The first kappa shape index (κ1) is 21.5. The molecule has 0 saturated carbocycles. The Bertz CT molecular complexity index is 587. The van der Waals surface area contributed by atoms with E-state index in [2.05, 4.69) is 11.9 Å². The summed E-state index contributed by atoms with van der Waals surface area (Å²) >= 11 is 0. The fourth-order valence-corrected chi connectivity index (χ4v) is 1.98. The molecule has 0 radical (unpaired) electrons. The number of aliphatic carboxylic acids is 1. The Kier molecular flexibility index (Phi) is 9.86. The van der Waals surface area contributed by atoms with E-state index in [0.29, 0.717) is 24.7 Å². The quantitative estimate of drug-likeness (QED) is 0.409. The smallest absolute Gasteiger partial charge is 0.306 e. The molecule has 1 atom stereocenters. The molecule has 0 bridgehead atoms. The van der Waals surface area contributed by atoms with Crippen LogP contribution in [0, 0.1) is 0 Å². The number of para-hydroxylation sites is 2. The minimum absolute atomic E-state index is 0.118. The number of nitrogens with one attached hydrogen (secondary N) is 1. The van der Waals surface area contributed by atoms with Crippen LogP contribution in [-0.4, -0.2) is 48.9 Å². The second-order valence-corrected chi connectivity index (χ2v) is 5.93. The Labute approximate surface area is 153 Å². The average Bonchev–Trinajstić information content (AvgIpc) is 2.61. The van der Waals surface area contributed by atoms with Crippen molar-refractivity contribution in [2.75, 3.05) is 19.8 Å². The Morgan fingerprint density at radius 3 is 2.42 bits per heavy atom. The highest BCUT2D eigenvalue weighted by atomic mass is 16.6. The van der Waals surface area contributed by atoms with E-state index in [9.17, 15) is 9.59 Å². The molecule has 1 rings (SSSR count). The second-order valence-electron chi connectivity index (χ2n) is 5.93. The predicted octanol–water partition coefficient (Wildman–Crippen LogP) is 2.40. The Hall–Kier alpha value is -2.54. The van der Waals surface area contributed by atoms with Crippen molar-refractivity contribution in [1.29, 1.82) is 0 Å². The highest BCUT2D eigenvalue weighted by Gasteiger charge is 2.17. The highest BCUT2D eigenvalue weighted by Crippen LogP contribution is 2.26. The first-order valence-electron chi connectivity index (χ1n) is 8.52. The molecule has 1 aromatic carbocycles. The number of carboxylic acid groups (broad SMARTS) is 1. The van der Waals surface area contributed by atoms with Gasteiger partial charge in [-0.25, -0.2) is 0 Å². The highest BCUT2D eigenvalue weighted by molar-refractivity contribution is 5.76. The summed E-state index contributed by atoms with van der Waals surface area (Å²) in [6.07, 6.45) is 0.650. The van der Waals surface area contributed by atoms with E-state index in [4.69, 9.17) is 19.3 Å². The van der Waals surface area contributed by atoms with Gasteiger partial charge in [0.25, 0.3) is 0 Å². The van der Waals surface area contributed by atoms with Crippen LogP contribution < -0.4 is 14.8 Å². The molecule has 1 unspecified atom stereocenters. The lowest BCUT2D eigenvalue weighted by Gasteiger charge is -2.21. The molecule has 0 heterocycles. The van der Waals surface area contributed by atoms with E-state index in [1.165, 1.54) is 0 Å². The number of carbonyl (C=O) groups is 2. The lowest BCUT2D eigenvalue weighted by molar-refractivity contribution is -0.153. The van der Waals surface area contributed by atoms with Crippen LogP contribution in [0.15, 0.2) is 36.9 Å². The van der Waals surface area contributed by atoms with Gasteiger partial charge in [-0.05, 0) is 12.1 Å². The Morgan fingerprint density at radius 2 is 1.85 bits per heavy atom. The summed E-state index contributed by atoms with van der Waals surface area (Å²) < 4.78 is 16.6. The molecule has 0 amide bonds. The van der Waals surface area contributed by atoms with E-state index in [-0.39, 0.29) is 25.5 Å². The SMILES string of the molecule is C=CCOc1ccccc1OCC(CNC(C)C)OC(=O)CCC(=O)O. The fourth-order valence-electron chi connectivity index (χ4n) is 1.98. The molecular weight excluding hydrogens is 338 g/mol. The molecule has 7 heteroatoms. The van der Waals surface area contributed by atoms with Gasteiger partial charge >= 0.3 is 11.9 Å². The van der Waals surface area contributed by atoms with Crippen LogP contribution in [-0.2, 0) is 14.3 Å². The lowest BCUT2D eigenvalue weighted by atomic mass is 10.3. The topological polar surface area (TPSA) is 94.1 Å². The van der Waals surface area contributed by atoms with Gasteiger partial charge in [0, 0.05) is 12.6 Å². The normalized spacial score (nSPS) is 11.7. The maximum atomic E-state index is 11.8.